The zero-order valence-corrected chi connectivity index (χ0v) is 16.2. The summed E-state index contributed by atoms with van der Waals surface area (Å²) in [4.78, 5) is 4.68. The van der Waals surface area contributed by atoms with Crippen molar-refractivity contribution >= 4 is 5.96 Å². The van der Waals surface area contributed by atoms with E-state index in [1.807, 2.05) is 12.1 Å². The number of rotatable bonds is 11. The number of hydrogen-bond acceptors (Lipinski definition) is 5. The van der Waals surface area contributed by atoms with E-state index >= 15 is 0 Å². The van der Waals surface area contributed by atoms with Gasteiger partial charge in [0.2, 0.25) is 0 Å². The van der Waals surface area contributed by atoms with Crippen LogP contribution >= 0.6 is 0 Å². The van der Waals surface area contributed by atoms with Crippen LogP contribution in [0.1, 0.15) is 37.9 Å². The molecular weight excluding hydrogens is 346 g/mol. The Morgan fingerprint density at radius 2 is 1.93 bits per heavy atom. The minimum atomic E-state index is 0.253. The third-order valence-corrected chi connectivity index (χ3v) is 4.81. The van der Waals surface area contributed by atoms with E-state index in [-0.39, 0.29) is 6.10 Å². The fourth-order valence-electron chi connectivity index (χ4n) is 3.29. The second-order valence-electron chi connectivity index (χ2n) is 7.07. The minimum absolute atomic E-state index is 0.253. The SMILES string of the molecule is c1coc(CCNC(=NCC2CCCO2)NCCCOCC2CCCO2)c1. The highest BCUT2D eigenvalue weighted by molar-refractivity contribution is 5.79. The van der Waals surface area contributed by atoms with E-state index in [1.54, 1.807) is 6.26 Å². The lowest BCUT2D eigenvalue weighted by Gasteiger charge is -2.14. The highest BCUT2D eigenvalue weighted by atomic mass is 16.5. The number of ether oxygens (including phenoxy) is 3. The van der Waals surface area contributed by atoms with Gasteiger partial charge < -0.3 is 29.3 Å². The summed E-state index contributed by atoms with van der Waals surface area (Å²) in [5.74, 6) is 1.81. The van der Waals surface area contributed by atoms with Crippen molar-refractivity contribution in [1.29, 1.82) is 0 Å². The molecule has 2 fully saturated rings. The average molecular weight is 380 g/mol. The summed E-state index contributed by atoms with van der Waals surface area (Å²) in [5.41, 5.74) is 0. The van der Waals surface area contributed by atoms with Gasteiger partial charge in [0, 0.05) is 39.3 Å². The van der Waals surface area contributed by atoms with Crippen molar-refractivity contribution in [2.24, 2.45) is 4.99 Å². The molecule has 3 heterocycles. The van der Waals surface area contributed by atoms with E-state index in [0.717, 1.165) is 83.2 Å². The molecule has 2 unspecified atom stereocenters. The maximum absolute atomic E-state index is 5.71. The number of hydrogen-bond donors (Lipinski definition) is 2. The monoisotopic (exact) mass is 379 g/mol. The van der Waals surface area contributed by atoms with Crippen LogP contribution in [0, 0.1) is 0 Å². The van der Waals surface area contributed by atoms with Crippen LogP contribution in [0.15, 0.2) is 27.8 Å². The fraction of sp³-hybridized carbons (Fsp3) is 0.750. The molecule has 1 aromatic heterocycles. The molecule has 0 amide bonds. The average Bonchev–Trinajstić information content (AvgIpc) is 3.45. The maximum Gasteiger partial charge on any atom is 0.191 e. The molecule has 0 radical (unpaired) electrons. The van der Waals surface area contributed by atoms with Gasteiger partial charge in [-0.15, -0.1) is 0 Å². The predicted octanol–water partition coefficient (Wildman–Crippen LogP) is 2.12. The summed E-state index contributed by atoms with van der Waals surface area (Å²) in [7, 11) is 0. The smallest absolute Gasteiger partial charge is 0.191 e. The van der Waals surface area contributed by atoms with Gasteiger partial charge in [0.05, 0.1) is 31.6 Å². The van der Waals surface area contributed by atoms with Crippen molar-refractivity contribution in [1.82, 2.24) is 10.6 Å². The fourth-order valence-corrected chi connectivity index (χ4v) is 3.29. The normalized spacial score (nSPS) is 23.0. The van der Waals surface area contributed by atoms with E-state index < -0.39 is 0 Å². The van der Waals surface area contributed by atoms with Crippen LogP contribution in [0.4, 0.5) is 0 Å². The number of nitrogens with one attached hydrogen (secondary N) is 2. The molecule has 0 aromatic carbocycles. The molecule has 0 bridgehead atoms. The van der Waals surface area contributed by atoms with E-state index in [4.69, 9.17) is 18.6 Å². The van der Waals surface area contributed by atoms with E-state index in [2.05, 4.69) is 15.6 Å². The Bertz CT molecular complexity index is 523. The molecular formula is C20H33N3O4. The molecule has 7 nitrogen and oxygen atoms in total. The van der Waals surface area contributed by atoms with Crippen LogP contribution in [-0.4, -0.2) is 64.2 Å². The second kappa shape index (κ2) is 12.0. The van der Waals surface area contributed by atoms with E-state index in [0.29, 0.717) is 19.3 Å². The van der Waals surface area contributed by atoms with Crippen LogP contribution in [0.2, 0.25) is 0 Å². The number of nitrogens with zero attached hydrogens (tertiary/aromatic N) is 1. The van der Waals surface area contributed by atoms with Crippen LogP contribution in [0.3, 0.4) is 0 Å². The number of aliphatic imine (C=N–C) groups is 1. The first-order valence-electron chi connectivity index (χ1n) is 10.3. The van der Waals surface area contributed by atoms with Crippen molar-refractivity contribution < 1.29 is 18.6 Å². The third kappa shape index (κ3) is 7.91. The summed E-state index contributed by atoms with van der Waals surface area (Å²) in [5, 5.41) is 6.77. The van der Waals surface area contributed by atoms with Crippen LogP contribution in [-0.2, 0) is 20.6 Å². The van der Waals surface area contributed by atoms with Crippen LogP contribution in [0.5, 0.6) is 0 Å². The first kappa shape index (κ1) is 20.2. The van der Waals surface area contributed by atoms with Crippen molar-refractivity contribution in [2.75, 3.05) is 46.1 Å². The first-order valence-corrected chi connectivity index (χ1v) is 10.3. The van der Waals surface area contributed by atoms with Gasteiger partial charge in [-0.3, -0.25) is 4.99 Å². The van der Waals surface area contributed by atoms with Crippen molar-refractivity contribution in [2.45, 2.75) is 50.7 Å². The molecule has 152 valence electrons. The van der Waals surface area contributed by atoms with Gasteiger partial charge in [0.15, 0.2) is 5.96 Å². The zero-order chi connectivity index (χ0) is 18.6. The summed E-state index contributed by atoms with van der Waals surface area (Å²) in [6.45, 7) is 5.48. The molecule has 3 rings (SSSR count). The molecule has 7 heteroatoms. The quantitative estimate of drug-likeness (QED) is 0.348. The van der Waals surface area contributed by atoms with Crippen LogP contribution < -0.4 is 10.6 Å². The zero-order valence-electron chi connectivity index (χ0n) is 16.2. The molecule has 2 aliphatic rings. The Balaban J connectivity index is 1.32. The summed E-state index contributed by atoms with van der Waals surface area (Å²) in [6, 6.07) is 3.90. The molecule has 1 aromatic rings. The topological polar surface area (TPSA) is 77.3 Å². The molecule has 0 saturated carbocycles. The molecule has 27 heavy (non-hydrogen) atoms. The van der Waals surface area contributed by atoms with Gasteiger partial charge in [0.25, 0.3) is 0 Å². The van der Waals surface area contributed by atoms with E-state index in [9.17, 15) is 0 Å². The summed E-state index contributed by atoms with van der Waals surface area (Å²) in [6.07, 6.45) is 8.53. The Labute approximate surface area is 161 Å². The number of guanidine groups is 1. The molecule has 2 saturated heterocycles. The van der Waals surface area contributed by atoms with Crippen molar-refractivity contribution in [3.05, 3.63) is 24.2 Å². The van der Waals surface area contributed by atoms with Crippen molar-refractivity contribution in [3.8, 4) is 0 Å². The Morgan fingerprint density at radius 1 is 1.11 bits per heavy atom. The van der Waals surface area contributed by atoms with Gasteiger partial charge in [-0.2, -0.15) is 0 Å². The van der Waals surface area contributed by atoms with E-state index in [1.165, 1.54) is 0 Å². The van der Waals surface area contributed by atoms with Crippen LogP contribution in [0.25, 0.3) is 0 Å². The van der Waals surface area contributed by atoms with Gasteiger partial charge in [0.1, 0.15) is 5.76 Å². The first-order chi connectivity index (χ1) is 13.4. The molecule has 0 spiro atoms. The second-order valence-corrected chi connectivity index (χ2v) is 7.07. The highest BCUT2D eigenvalue weighted by Crippen LogP contribution is 2.12. The third-order valence-electron chi connectivity index (χ3n) is 4.81. The van der Waals surface area contributed by atoms with Gasteiger partial charge >= 0.3 is 0 Å². The van der Waals surface area contributed by atoms with Gasteiger partial charge in [-0.05, 0) is 44.2 Å². The lowest BCUT2D eigenvalue weighted by Crippen LogP contribution is -2.39. The standard InChI is InChI=1S/C20H33N3O4/c1-5-17(25-12-1)8-10-22-20(23-15-18-6-2-13-26-18)21-9-4-11-24-16-19-7-3-14-27-19/h1,5,12,18-19H,2-4,6-11,13-16H2,(H2,21,22,23). The largest absolute Gasteiger partial charge is 0.469 e. The molecule has 2 aliphatic heterocycles. The Hall–Kier alpha value is -1.57. The lowest BCUT2D eigenvalue weighted by atomic mass is 10.2. The van der Waals surface area contributed by atoms with Gasteiger partial charge in [-0.1, -0.05) is 0 Å². The molecule has 2 atom stereocenters. The Kier molecular flexibility index (Phi) is 8.97. The summed E-state index contributed by atoms with van der Waals surface area (Å²) >= 11 is 0. The maximum atomic E-state index is 5.71. The lowest BCUT2D eigenvalue weighted by molar-refractivity contribution is 0.0168. The molecule has 0 aliphatic carbocycles. The summed E-state index contributed by atoms with van der Waals surface area (Å²) < 4.78 is 22.3. The number of furan rings is 1. The van der Waals surface area contributed by atoms with Crippen molar-refractivity contribution in [3.63, 3.8) is 0 Å². The minimum Gasteiger partial charge on any atom is -0.469 e. The highest BCUT2D eigenvalue weighted by Gasteiger charge is 2.16. The molecule has 2 N–H and O–H groups in total. The predicted molar refractivity (Wildman–Crippen MR) is 104 cm³/mol. The Morgan fingerprint density at radius 3 is 2.67 bits per heavy atom. The van der Waals surface area contributed by atoms with Gasteiger partial charge in [-0.25, -0.2) is 0 Å².